The zero-order valence-electron chi connectivity index (χ0n) is 13.5. The largest absolute Gasteiger partial charge is 0.459 e. The van der Waals surface area contributed by atoms with Crippen LogP contribution in [0.2, 0.25) is 0 Å². The Bertz CT molecular complexity index is 684. The maximum absolute atomic E-state index is 12.5. The maximum atomic E-state index is 12.5. The molecular weight excluding hydrogens is 312 g/mol. The van der Waals surface area contributed by atoms with Gasteiger partial charge in [-0.25, -0.2) is 4.98 Å². The highest BCUT2D eigenvalue weighted by atomic mass is 32.1. The van der Waals surface area contributed by atoms with Crippen molar-refractivity contribution in [2.75, 3.05) is 6.61 Å². The summed E-state index contributed by atoms with van der Waals surface area (Å²) in [6, 6.07) is 3.97. The first-order valence-corrected chi connectivity index (χ1v) is 8.84. The van der Waals surface area contributed by atoms with Gasteiger partial charge < -0.3 is 14.8 Å². The lowest BCUT2D eigenvalue weighted by molar-refractivity contribution is 0.0917. The van der Waals surface area contributed by atoms with E-state index in [2.05, 4.69) is 10.3 Å². The Morgan fingerprint density at radius 3 is 2.70 bits per heavy atom. The van der Waals surface area contributed by atoms with Crippen molar-refractivity contribution in [3.05, 3.63) is 28.5 Å². The summed E-state index contributed by atoms with van der Waals surface area (Å²) in [6.45, 7) is 3.99. The SMILES string of the molecule is Cc1ccc(-c2nc(C)c(C(=O)NC3CCC(CO)CC3)s2)o1. The van der Waals surface area contributed by atoms with Crippen LogP contribution in [0.1, 0.15) is 46.8 Å². The number of amides is 1. The summed E-state index contributed by atoms with van der Waals surface area (Å²) in [5, 5.41) is 13.0. The summed E-state index contributed by atoms with van der Waals surface area (Å²) in [6.07, 6.45) is 3.80. The number of furan rings is 1. The van der Waals surface area contributed by atoms with Crippen molar-refractivity contribution in [1.82, 2.24) is 10.3 Å². The van der Waals surface area contributed by atoms with Gasteiger partial charge in [0, 0.05) is 12.6 Å². The van der Waals surface area contributed by atoms with Gasteiger partial charge >= 0.3 is 0 Å². The molecule has 0 unspecified atom stereocenters. The van der Waals surface area contributed by atoms with Crippen molar-refractivity contribution in [2.24, 2.45) is 5.92 Å². The molecule has 5 nitrogen and oxygen atoms in total. The zero-order chi connectivity index (χ0) is 16.4. The highest BCUT2D eigenvalue weighted by Crippen LogP contribution is 2.30. The minimum Gasteiger partial charge on any atom is -0.459 e. The molecule has 2 N–H and O–H groups in total. The highest BCUT2D eigenvalue weighted by Gasteiger charge is 2.24. The van der Waals surface area contributed by atoms with Crippen molar-refractivity contribution < 1.29 is 14.3 Å². The molecule has 2 aromatic rings. The molecule has 6 heteroatoms. The van der Waals surface area contributed by atoms with E-state index in [0.717, 1.165) is 42.1 Å². The number of thiazole rings is 1. The lowest BCUT2D eigenvalue weighted by Gasteiger charge is -2.27. The molecule has 1 amide bonds. The normalized spacial score (nSPS) is 21.3. The Kier molecular flexibility index (Phi) is 4.82. The Morgan fingerprint density at radius 1 is 1.35 bits per heavy atom. The number of rotatable bonds is 4. The first kappa shape index (κ1) is 16.2. The van der Waals surface area contributed by atoms with E-state index in [9.17, 15) is 9.90 Å². The molecule has 0 atom stereocenters. The lowest BCUT2D eigenvalue weighted by Crippen LogP contribution is -2.38. The van der Waals surface area contributed by atoms with E-state index in [-0.39, 0.29) is 18.6 Å². The van der Waals surface area contributed by atoms with Crippen LogP contribution in [0, 0.1) is 19.8 Å². The number of nitrogens with zero attached hydrogens (tertiary/aromatic N) is 1. The van der Waals surface area contributed by atoms with Crippen molar-refractivity contribution in [3.63, 3.8) is 0 Å². The molecule has 1 fully saturated rings. The fraction of sp³-hybridized carbons (Fsp3) is 0.529. The highest BCUT2D eigenvalue weighted by molar-refractivity contribution is 7.17. The number of hydrogen-bond acceptors (Lipinski definition) is 5. The number of aromatic nitrogens is 1. The lowest BCUT2D eigenvalue weighted by atomic mass is 9.86. The summed E-state index contributed by atoms with van der Waals surface area (Å²) in [4.78, 5) is 17.6. The Morgan fingerprint density at radius 2 is 2.09 bits per heavy atom. The summed E-state index contributed by atoms with van der Waals surface area (Å²) in [5.41, 5.74) is 0.737. The van der Waals surface area contributed by atoms with Crippen molar-refractivity contribution in [2.45, 2.75) is 45.6 Å². The minimum absolute atomic E-state index is 0.0537. The van der Waals surface area contributed by atoms with Gasteiger partial charge in [-0.3, -0.25) is 4.79 Å². The van der Waals surface area contributed by atoms with Gasteiger partial charge in [0.05, 0.1) is 5.69 Å². The van der Waals surface area contributed by atoms with E-state index in [4.69, 9.17) is 4.42 Å². The van der Waals surface area contributed by atoms with Crippen molar-refractivity contribution in [3.8, 4) is 10.8 Å². The molecule has 2 heterocycles. The molecule has 2 aromatic heterocycles. The van der Waals surface area contributed by atoms with Crippen LogP contribution in [0.25, 0.3) is 10.8 Å². The summed E-state index contributed by atoms with van der Waals surface area (Å²) >= 11 is 1.37. The van der Waals surface area contributed by atoms with Gasteiger partial charge in [-0.2, -0.15) is 0 Å². The van der Waals surface area contributed by atoms with Crippen LogP contribution in [-0.4, -0.2) is 28.6 Å². The van der Waals surface area contributed by atoms with Crippen LogP contribution in [0.4, 0.5) is 0 Å². The van der Waals surface area contributed by atoms with Crippen molar-refractivity contribution in [1.29, 1.82) is 0 Å². The average molecular weight is 334 g/mol. The van der Waals surface area contributed by atoms with Gasteiger partial charge in [0.25, 0.3) is 5.91 Å². The molecule has 1 saturated carbocycles. The Labute approximate surface area is 139 Å². The van der Waals surface area contributed by atoms with Gasteiger partial charge in [0.15, 0.2) is 10.8 Å². The third-order valence-electron chi connectivity index (χ3n) is 4.39. The molecule has 0 spiro atoms. The molecule has 1 aliphatic carbocycles. The fourth-order valence-corrected chi connectivity index (χ4v) is 3.93. The van der Waals surface area contributed by atoms with Crippen molar-refractivity contribution >= 4 is 17.2 Å². The molecule has 1 aliphatic rings. The van der Waals surface area contributed by atoms with Crippen LogP contribution >= 0.6 is 11.3 Å². The average Bonchev–Trinajstić information content (AvgIpc) is 3.14. The summed E-state index contributed by atoms with van der Waals surface area (Å²) in [7, 11) is 0. The number of aliphatic hydroxyl groups is 1. The number of carbonyl (C=O) groups is 1. The molecule has 0 saturated heterocycles. The van der Waals surface area contributed by atoms with Gasteiger partial charge in [0.2, 0.25) is 0 Å². The number of aliphatic hydroxyl groups excluding tert-OH is 1. The second-order valence-corrected chi connectivity index (χ2v) is 7.22. The van der Waals surface area contributed by atoms with E-state index in [0.29, 0.717) is 16.6 Å². The summed E-state index contributed by atoms with van der Waals surface area (Å²) < 4.78 is 5.58. The Balaban J connectivity index is 1.67. The molecular formula is C17H22N2O3S. The third-order valence-corrected chi connectivity index (χ3v) is 5.56. The van der Waals surface area contributed by atoms with E-state index in [1.807, 2.05) is 26.0 Å². The van der Waals surface area contributed by atoms with Crippen LogP contribution in [-0.2, 0) is 0 Å². The van der Waals surface area contributed by atoms with E-state index >= 15 is 0 Å². The van der Waals surface area contributed by atoms with Crippen LogP contribution < -0.4 is 5.32 Å². The molecule has 23 heavy (non-hydrogen) atoms. The summed E-state index contributed by atoms with van der Waals surface area (Å²) in [5.74, 6) is 1.88. The quantitative estimate of drug-likeness (QED) is 0.899. The number of carbonyl (C=O) groups excluding carboxylic acids is 1. The number of nitrogens with one attached hydrogen (secondary N) is 1. The van der Waals surface area contributed by atoms with Crippen LogP contribution in [0.3, 0.4) is 0 Å². The zero-order valence-corrected chi connectivity index (χ0v) is 14.3. The monoisotopic (exact) mass is 334 g/mol. The third kappa shape index (κ3) is 3.64. The standard InChI is InChI=1S/C17H22N2O3S/c1-10-3-8-14(22-10)17-18-11(2)15(23-17)16(21)19-13-6-4-12(9-20)5-7-13/h3,8,12-13,20H,4-7,9H2,1-2H3,(H,19,21). The van der Waals surface area contributed by atoms with E-state index < -0.39 is 0 Å². The topological polar surface area (TPSA) is 75.4 Å². The minimum atomic E-state index is -0.0537. The van der Waals surface area contributed by atoms with Gasteiger partial charge in [-0.15, -0.1) is 11.3 Å². The molecule has 3 rings (SSSR count). The molecule has 0 aromatic carbocycles. The first-order chi connectivity index (χ1) is 11.1. The smallest absolute Gasteiger partial charge is 0.263 e. The predicted octanol–water partition coefficient (Wildman–Crippen LogP) is 3.30. The number of aryl methyl sites for hydroxylation is 2. The second kappa shape index (κ2) is 6.84. The van der Waals surface area contributed by atoms with E-state index in [1.165, 1.54) is 11.3 Å². The maximum Gasteiger partial charge on any atom is 0.263 e. The first-order valence-electron chi connectivity index (χ1n) is 8.02. The van der Waals surface area contributed by atoms with Crippen LogP contribution in [0.5, 0.6) is 0 Å². The fourth-order valence-electron chi connectivity index (χ4n) is 3.00. The molecule has 124 valence electrons. The Hall–Kier alpha value is -1.66. The second-order valence-electron chi connectivity index (χ2n) is 6.22. The van der Waals surface area contributed by atoms with Gasteiger partial charge in [-0.1, -0.05) is 0 Å². The number of hydrogen-bond donors (Lipinski definition) is 2. The van der Waals surface area contributed by atoms with Gasteiger partial charge in [-0.05, 0) is 57.6 Å². The predicted molar refractivity (Wildman–Crippen MR) is 89.6 cm³/mol. The molecule has 0 aliphatic heterocycles. The molecule has 0 bridgehead atoms. The van der Waals surface area contributed by atoms with Gasteiger partial charge in [0.1, 0.15) is 10.6 Å². The molecule has 0 radical (unpaired) electrons. The van der Waals surface area contributed by atoms with Crippen LogP contribution in [0.15, 0.2) is 16.5 Å². The van der Waals surface area contributed by atoms with E-state index in [1.54, 1.807) is 0 Å².